The van der Waals surface area contributed by atoms with Crippen molar-refractivity contribution < 1.29 is 9.90 Å². The van der Waals surface area contributed by atoms with Crippen LogP contribution in [0.4, 0.5) is 0 Å². The summed E-state index contributed by atoms with van der Waals surface area (Å²) in [6, 6.07) is 0. The number of aliphatic hydroxyl groups is 1. The number of carbonyl (C=O) groups excluding carboxylic acids is 1. The summed E-state index contributed by atoms with van der Waals surface area (Å²) in [6.07, 6.45) is 1.37. The summed E-state index contributed by atoms with van der Waals surface area (Å²) in [4.78, 5) is 19.6. The van der Waals surface area contributed by atoms with Crippen molar-refractivity contribution in [1.82, 2.24) is 9.88 Å². The lowest BCUT2D eigenvalue weighted by atomic mass is 9.96. The van der Waals surface area contributed by atoms with Crippen LogP contribution in [0.2, 0.25) is 0 Å². The maximum Gasteiger partial charge on any atom is 0.265 e. The van der Waals surface area contributed by atoms with Gasteiger partial charge in [0.2, 0.25) is 0 Å². The van der Waals surface area contributed by atoms with Crippen molar-refractivity contribution in [2.75, 3.05) is 13.1 Å². The third kappa shape index (κ3) is 3.38. The van der Waals surface area contributed by atoms with Gasteiger partial charge in [-0.25, -0.2) is 4.98 Å². The maximum atomic E-state index is 12.6. The summed E-state index contributed by atoms with van der Waals surface area (Å²) < 4.78 is 0. The van der Waals surface area contributed by atoms with E-state index in [9.17, 15) is 9.90 Å². The fraction of sp³-hybridized carbons (Fsp3) is 0.733. The molecule has 1 aliphatic rings. The zero-order chi connectivity index (χ0) is 14.9. The molecule has 4 nitrogen and oxygen atoms in total. The lowest BCUT2D eigenvalue weighted by Gasteiger charge is -2.34. The van der Waals surface area contributed by atoms with E-state index in [4.69, 9.17) is 0 Å². The molecular formula is C15H24N2O2S. The van der Waals surface area contributed by atoms with Crippen molar-refractivity contribution in [3.63, 3.8) is 0 Å². The standard InChI is InChI=1S/C15H24N2O2S/c1-9(2)7-13-16-11(4)14(20-13)15(19)17-6-5-10(3)12(18)8-17/h9-10,12,18H,5-8H2,1-4H3. The van der Waals surface area contributed by atoms with Gasteiger partial charge in [0.05, 0.1) is 16.8 Å². The van der Waals surface area contributed by atoms with E-state index in [2.05, 4.69) is 18.8 Å². The summed E-state index contributed by atoms with van der Waals surface area (Å²) in [5, 5.41) is 11.0. The lowest BCUT2D eigenvalue weighted by Crippen LogP contribution is -2.45. The van der Waals surface area contributed by atoms with Gasteiger partial charge in [-0.15, -0.1) is 11.3 Å². The van der Waals surface area contributed by atoms with E-state index in [0.29, 0.717) is 12.5 Å². The Hall–Kier alpha value is -0.940. The number of hydrogen-bond donors (Lipinski definition) is 1. The minimum Gasteiger partial charge on any atom is -0.391 e. The van der Waals surface area contributed by atoms with Crippen LogP contribution in [0, 0.1) is 18.8 Å². The highest BCUT2D eigenvalue weighted by Gasteiger charge is 2.29. The minimum atomic E-state index is -0.406. The number of thiazole rings is 1. The van der Waals surface area contributed by atoms with Gasteiger partial charge in [0.25, 0.3) is 5.91 Å². The molecule has 1 saturated heterocycles. The molecule has 1 fully saturated rings. The SMILES string of the molecule is Cc1nc(CC(C)C)sc1C(=O)N1CCC(C)C(O)C1. The molecule has 2 heterocycles. The molecule has 2 atom stereocenters. The van der Waals surface area contributed by atoms with Gasteiger partial charge in [-0.1, -0.05) is 20.8 Å². The third-order valence-corrected chi connectivity index (χ3v) is 4.99. The first kappa shape index (κ1) is 15.4. The number of β-amino-alcohol motifs (C(OH)–C–C–N with tert-alkyl or cyclic N) is 1. The van der Waals surface area contributed by atoms with E-state index in [-0.39, 0.29) is 11.8 Å². The van der Waals surface area contributed by atoms with Crippen molar-refractivity contribution in [2.45, 2.75) is 46.6 Å². The van der Waals surface area contributed by atoms with Crippen LogP contribution in [0.3, 0.4) is 0 Å². The molecule has 1 N–H and O–H groups in total. The lowest BCUT2D eigenvalue weighted by molar-refractivity contribution is 0.0251. The molecule has 1 aliphatic heterocycles. The average Bonchev–Trinajstić information content (AvgIpc) is 2.72. The summed E-state index contributed by atoms with van der Waals surface area (Å²) in [7, 11) is 0. The normalized spacial score (nSPS) is 23.4. The van der Waals surface area contributed by atoms with Crippen molar-refractivity contribution in [3.8, 4) is 0 Å². The predicted octanol–water partition coefficient (Wildman–Crippen LogP) is 2.49. The van der Waals surface area contributed by atoms with Gasteiger partial charge in [0.1, 0.15) is 4.88 Å². The molecule has 0 spiro atoms. The van der Waals surface area contributed by atoms with Crippen molar-refractivity contribution in [1.29, 1.82) is 0 Å². The van der Waals surface area contributed by atoms with E-state index in [1.54, 1.807) is 4.90 Å². The molecular weight excluding hydrogens is 272 g/mol. The Kier molecular flexibility index (Phi) is 4.81. The Morgan fingerprint density at radius 2 is 2.25 bits per heavy atom. The summed E-state index contributed by atoms with van der Waals surface area (Å²) >= 11 is 1.51. The molecule has 0 aliphatic carbocycles. The second kappa shape index (κ2) is 6.22. The van der Waals surface area contributed by atoms with Gasteiger partial charge < -0.3 is 10.0 Å². The van der Waals surface area contributed by atoms with Crippen LogP contribution in [0.1, 0.15) is 47.6 Å². The fourth-order valence-corrected chi connectivity index (χ4v) is 3.71. The molecule has 1 aromatic rings. The zero-order valence-electron chi connectivity index (χ0n) is 12.7. The van der Waals surface area contributed by atoms with Gasteiger partial charge in [-0.05, 0) is 25.2 Å². The Morgan fingerprint density at radius 1 is 1.55 bits per heavy atom. The monoisotopic (exact) mass is 296 g/mol. The second-order valence-corrected chi connectivity index (χ2v) is 7.29. The van der Waals surface area contributed by atoms with Gasteiger partial charge in [-0.2, -0.15) is 0 Å². The van der Waals surface area contributed by atoms with Crippen LogP contribution in [-0.4, -0.2) is 40.1 Å². The maximum absolute atomic E-state index is 12.6. The molecule has 0 aromatic carbocycles. The van der Waals surface area contributed by atoms with Crippen LogP contribution in [-0.2, 0) is 6.42 Å². The topological polar surface area (TPSA) is 53.4 Å². The van der Waals surface area contributed by atoms with Crippen LogP contribution < -0.4 is 0 Å². The van der Waals surface area contributed by atoms with Crippen molar-refractivity contribution in [2.24, 2.45) is 11.8 Å². The fourth-order valence-electron chi connectivity index (χ4n) is 2.46. The summed E-state index contributed by atoms with van der Waals surface area (Å²) in [5.74, 6) is 0.847. The van der Waals surface area contributed by atoms with Crippen molar-refractivity contribution in [3.05, 3.63) is 15.6 Å². The predicted molar refractivity (Wildman–Crippen MR) is 81.1 cm³/mol. The van der Waals surface area contributed by atoms with Gasteiger partial charge >= 0.3 is 0 Å². The molecule has 2 rings (SSSR count). The molecule has 112 valence electrons. The molecule has 0 bridgehead atoms. The van der Waals surface area contributed by atoms with Crippen LogP contribution in [0.15, 0.2) is 0 Å². The molecule has 2 unspecified atom stereocenters. The molecule has 20 heavy (non-hydrogen) atoms. The van der Waals surface area contributed by atoms with Crippen molar-refractivity contribution >= 4 is 17.2 Å². The number of hydrogen-bond acceptors (Lipinski definition) is 4. The smallest absolute Gasteiger partial charge is 0.265 e. The van der Waals surface area contributed by atoms with Crippen LogP contribution in [0.25, 0.3) is 0 Å². The summed E-state index contributed by atoms with van der Waals surface area (Å²) in [5.41, 5.74) is 0.823. The highest BCUT2D eigenvalue weighted by molar-refractivity contribution is 7.13. The second-order valence-electron chi connectivity index (χ2n) is 6.20. The Labute approximate surface area is 124 Å². The van der Waals surface area contributed by atoms with E-state index >= 15 is 0 Å². The minimum absolute atomic E-state index is 0.0287. The first-order valence-corrected chi connectivity index (χ1v) is 8.13. The molecule has 5 heteroatoms. The van der Waals surface area contributed by atoms with Gasteiger partial charge in [0.15, 0.2) is 0 Å². The van der Waals surface area contributed by atoms with Gasteiger partial charge in [-0.3, -0.25) is 4.79 Å². The molecule has 0 radical (unpaired) electrons. The number of likely N-dealkylation sites (tertiary alicyclic amines) is 1. The van der Waals surface area contributed by atoms with E-state index in [1.165, 1.54) is 11.3 Å². The highest BCUT2D eigenvalue weighted by Crippen LogP contribution is 2.25. The number of aliphatic hydroxyl groups excluding tert-OH is 1. The molecule has 1 aromatic heterocycles. The Balaban J connectivity index is 2.11. The highest BCUT2D eigenvalue weighted by atomic mass is 32.1. The number of aromatic nitrogens is 1. The first-order chi connectivity index (χ1) is 9.38. The Bertz CT molecular complexity index is 484. The number of rotatable bonds is 3. The third-order valence-electron chi connectivity index (χ3n) is 3.82. The molecule has 0 saturated carbocycles. The first-order valence-electron chi connectivity index (χ1n) is 7.32. The van der Waals surface area contributed by atoms with E-state index in [1.807, 2.05) is 13.8 Å². The number of piperidine rings is 1. The van der Waals surface area contributed by atoms with E-state index < -0.39 is 6.10 Å². The summed E-state index contributed by atoms with van der Waals surface area (Å²) in [6.45, 7) is 9.41. The number of carbonyl (C=O) groups is 1. The number of nitrogens with zero attached hydrogens (tertiary/aromatic N) is 2. The Morgan fingerprint density at radius 3 is 2.85 bits per heavy atom. The van der Waals surface area contributed by atoms with E-state index in [0.717, 1.165) is 35.0 Å². The van der Waals surface area contributed by atoms with Gasteiger partial charge in [0, 0.05) is 19.5 Å². The van der Waals surface area contributed by atoms with Crippen LogP contribution >= 0.6 is 11.3 Å². The quantitative estimate of drug-likeness (QED) is 0.932. The molecule has 1 amide bonds. The largest absolute Gasteiger partial charge is 0.391 e. The number of aryl methyl sites for hydroxylation is 1. The zero-order valence-corrected chi connectivity index (χ0v) is 13.5. The van der Waals surface area contributed by atoms with Crippen LogP contribution in [0.5, 0.6) is 0 Å². The average molecular weight is 296 g/mol. The number of amides is 1.